The Morgan fingerprint density at radius 3 is 1.41 bits per heavy atom. The molecule has 3 aromatic carbocycles. The fraction of sp³-hybridized carbons (Fsp3) is 0.333. The largest absolute Gasteiger partial charge is 0.380 e. The zero-order chi connectivity index (χ0) is 20.9. The van der Waals surface area contributed by atoms with E-state index in [1.807, 2.05) is 66.7 Å². The van der Waals surface area contributed by atoms with Crippen LogP contribution in [0.25, 0.3) is 0 Å². The first kappa shape index (κ1) is 21.3. The maximum absolute atomic E-state index is 12.5. The Bertz CT molecular complexity index is 811. The molecule has 0 aliphatic rings. The fourth-order valence-electron chi connectivity index (χ4n) is 4.35. The zero-order valence-electron chi connectivity index (χ0n) is 18.0. The lowest BCUT2D eigenvalue weighted by atomic mass is 9.72. The van der Waals surface area contributed by atoms with Crippen molar-refractivity contribution < 1.29 is 5.11 Å². The Kier molecular flexibility index (Phi) is 6.89. The van der Waals surface area contributed by atoms with Gasteiger partial charge in [0.15, 0.2) is 0 Å². The Hall–Kier alpha value is -2.42. The molecule has 0 bridgehead atoms. The summed E-state index contributed by atoms with van der Waals surface area (Å²) in [6.45, 7) is 9.68. The maximum atomic E-state index is 12.5. The lowest BCUT2D eigenvalue weighted by molar-refractivity contribution is 0.0231. The summed E-state index contributed by atoms with van der Waals surface area (Å²) in [5.74, 6) is -0.113. The molecule has 0 amide bonds. The highest BCUT2D eigenvalue weighted by Gasteiger charge is 2.42. The number of nitrogens with zero attached hydrogens (tertiary/aromatic N) is 1. The third-order valence-corrected chi connectivity index (χ3v) is 5.85. The van der Waals surface area contributed by atoms with Crippen molar-refractivity contribution in [2.45, 2.75) is 51.3 Å². The molecule has 152 valence electrons. The molecule has 2 heteroatoms. The van der Waals surface area contributed by atoms with Gasteiger partial charge >= 0.3 is 0 Å². The van der Waals surface area contributed by atoms with Crippen LogP contribution in [0.1, 0.15) is 50.3 Å². The van der Waals surface area contributed by atoms with E-state index in [0.29, 0.717) is 12.1 Å². The lowest BCUT2D eigenvalue weighted by Crippen LogP contribution is -2.46. The van der Waals surface area contributed by atoms with Gasteiger partial charge < -0.3 is 5.11 Å². The molecule has 0 aliphatic carbocycles. The number of hydrogen-bond donors (Lipinski definition) is 1. The molecular weight excluding hydrogens is 354 g/mol. The van der Waals surface area contributed by atoms with Crippen LogP contribution in [-0.2, 0) is 5.60 Å². The summed E-state index contributed by atoms with van der Waals surface area (Å²) in [4.78, 5) is 2.47. The average molecular weight is 388 g/mol. The van der Waals surface area contributed by atoms with Gasteiger partial charge in [0.25, 0.3) is 0 Å². The topological polar surface area (TPSA) is 23.5 Å². The van der Waals surface area contributed by atoms with E-state index in [9.17, 15) is 5.11 Å². The highest BCUT2D eigenvalue weighted by Crippen LogP contribution is 2.43. The quantitative estimate of drug-likeness (QED) is 0.526. The average Bonchev–Trinajstić information content (AvgIpc) is 2.75. The Balaban J connectivity index is 2.21. The van der Waals surface area contributed by atoms with Crippen molar-refractivity contribution in [2.75, 3.05) is 6.54 Å². The molecule has 0 radical (unpaired) electrons. The highest BCUT2D eigenvalue weighted by atomic mass is 16.3. The molecular formula is C27H33NO. The number of aliphatic hydroxyl groups is 1. The first-order valence-corrected chi connectivity index (χ1v) is 10.6. The molecule has 1 atom stereocenters. The van der Waals surface area contributed by atoms with E-state index in [-0.39, 0.29) is 5.92 Å². The second-order valence-corrected chi connectivity index (χ2v) is 8.35. The summed E-state index contributed by atoms with van der Waals surface area (Å²) >= 11 is 0. The van der Waals surface area contributed by atoms with Gasteiger partial charge in [-0.2, -0.15) is 0 Å². The second kappa shape index (κ2) is 9.39. The lowest BCUT2D eigenvalue weighted by Gasteiger charge is -2.42. The van der Waals surface area contributed by atoms with Gasteiger partial charge in [0.05, 0.1) is 0 Å². The van der Waals surface area contributed by atoms with Gasteiger partial charge in [-0.3, -0.25) is 4.90 Å². The molecule has 1 N–H and O–H groups in total. The van der Waals surface area contributed by atoms with Gasteiger partial charge in [-0.05, 0) is 44.4 Å². The minimum Gasteiger partial charge on any atom is -0.380 e. The summed E-state index contributed by atoms with van der Waals surface area (Å²) in [6.07, 6.45) is 0. The zero-order valence-corrected chi connectivity index (χ0v) is 18.0. The van der Waals surface area contributed by atoms with Crippen LogP contribution in [-0.4, -0.2) is 28.6 Å². The van der Waals surface area contributed by atoms with E-state index >= 15 is 0 Å². The number of benzene rings is 3. The van der Waals surface area contributed by atoms with Crippen molar-refractivity contribution in [1.82, 2.24) is 4.90 Å². The molecule has 0 heterocycles. The van der Waals surface area contributed by atoms with E-state index in [0.717, 1.165) is 23.2 Å². The summed E-state index contributed by atoms with van der Waals surface area (Å²) in [7, 11) is 0. The molecule has 0 aliphatic heterocycles. The van der Waals surface area contributed by atoms with Crippen molar-refractivity contribution in [3.8, 4) is 0 Å². The van der Waals surface area contributed by atoms with E-state index in [1.54, 1.807) is 0 Å². The van der Waals surface area contributed by atoms with Crippen molar-refractivity contribution in [1.29, 1.82) is 0 Å². The maximum Gasteiger partial charge on any atom is 0.123 e. The predicted octanol–water partition coefficient (Wildman–Crippen LogP) is 5.83. The van der Waals surface area contributed by atoms with Crippen LogP contribution in [0.2, 0.25) is 0 Å². The Morgan fingerprint density at radius 2 is 1.03 bits per heavy atom. The predicted molar refractivity (Wildman–Crippen MR) is 122 cm³/mol. The summed E-state index contributed by atoms with van der Waals surface area (Å²) in [5.41, 5.74) is 1.86. The smallest absolute Gasteiger partial charge is 0.123 e. The Labute approximate surface area is 175 Å². The number of rotatable bonds is 8. The van der Waals surface area contributed by atoms with Gasteiger partial charge in [0.1, 0.15) is 5.60 Å². The SMILES string of the molecule is CC(C)N(CC(c1ccccc1)C(O)(c1ccccc1)c1ccccc1)C(C)C. The molecule has 29 heavy (non-hydrogen) atoms. The molecule has 0 fully saturated rings. The number of hydrogen-bond acceptors (Lipinski definition) is 2. The summed E-state index contributed by atoms with van der Waals surface area (Å²) in [5, 5.41) is 12.5. The molecule has 0 saturated heterocycles. The third kappa shape index (κ3) is 4.60. The van der Waals surface area contributed by atoms with E-state index in [1.165, 1.54) is 0 Å². The molecule has 2 nitrogen and oxygen atoms in total. The van der Waals surface area contributed by atoms with Crippen LogP contribution in [0.15, 0.2) is 91.0 Å². The van der Waals surface area contributed by atoms with Gasteiger partial charge in [-0.15, -0.1) is 0 Å². The van der Waals surface area contributed by atoms with Crippen LogP contribution in [0, 0.1) is 0 Å². The van der Waals surface area contributed by atoms with Crippen molar-refractivity contribution in [3.05, 3.63) is 108 Å². The van der Waals surface area contributed by atoms with E-state index < -0.39 is 5.60 Å². The molecule has 1 unspecified atom stereocenters. The first-order chi connectivity index (χ1) is 13.9. The third-order valence-electron chi connectivity index (χ3n) is 5.85. The Morgan fingerprint density at radius 1 is 0.655 bits per heavy atom. The van der Waals surface area contributed by atoms with Crippen LogP contribution in [0.4, 0.5) is 0 Å². The van der Waals surface area contributed by atoms with E-state index in [2.05, 4.69) is 56.9 Å². The minimum atomic E-state index is -1.13. The fourth-order valence-corrected chi connectivity index (χ4v) is 4.35. The van der Waals surface area contributed by atoms with Gasteiger partial charge in [0.2, 0.25) is 0 Å². The molecule has 0 aromatic heterocycles. The van der Waals surface area contributed by atoms with Gasteiger partial charge in [-0.25, -0.2) is 0 Å². The van der Waals surface area contributed by atoms with Crippen LogP contribution >= 0.6 is 0 Å². The monoisotopic (exact) mass is 387 g/mol. The van der Waals surface area contributed by atoms with E-state index in [4.69, 9.17) is 0 Å². The second-order valence-electron chi connectivity index (χ2n) is 8.35. The van der Waals surface area contributed by atoms with Crippen LogP contribution in [0.5, 0.6) is 0 Å². The normalized spacial score (nSPS) is 13.2. The van der Waals surface area contributed by atoms with Crippen LogP contribution < -0.4 is 0 Å². The van der Waals surface area contributed by atoms with Crippen LogP contribution in [0.3, 0.4) is 0 Å². The van der Waals surface area contributed by atoms with Crippen molar-refractivity contribution >= 4 is 0 Å². The molecule has 3 aromatic rings. The molecule has 0 spiro atoms. The van der Waals surface area contributed by atoms with Gasteiger partial charge in [0, 0.05) is 24.5 Å². The van der Waals surface area contributed by atoms with Crippen molar-refractivity contribution in [3.63, 3.8) is 0 Å². The molecule has 0 saturated carbocycles. The highest BCUT2D eigenvalue weighted by molar-refractivity contribution is 5.42. The minimum absolute atomic E-state index is 0.113. The summed E-state index contributed by atoms with van der Waals surface area (Å²) in [6, 6.07) is 31.4. The standard InChI is InChI=1S/C27H33NO/c1-21(2)28(22(3)4)20-26(23-14-8-5-9-15-23)27(29,24-16-10-6-11-17-24)25-18-12-7-13-19-25/h5-19,21-22,26,29H,20H2,1-4H3. The van der Waals surface area contributed by atoms with Gasteiger partial charge in [-0.1, -0.05) is 91.0 Å². The molecule has 3 rings (SSSR count). The summed E-state index contributed by atoms with van der Waals surface area (Å²) < 4.78 is 0. The van der Waals surface area contributed by atoms with Crippen molar-refractivity contribution in [2.24, 2.45) is 0 Å². The first-order valence-electron chi connectivity index (χ1n) is 10.6.